The summed E-state index contributed by atoms with van der Waals surface area (Å²) >= 11 is 0. The zero-order chi connectivity index (χ0) is 14.8. The molecule has 1 amide bonds. The molecule has 2 rings (SSSR count). The van der Waals surface area contributed by atoms with Gasteiger partial charge in [0, 0.05) is 6.54 Å². The van der Waals surface area contributed by atoms with Crippen molar-refractivity contribution < 1.29 is 9.53 Å². The number of ether oxygens (including phenoxy) is 1. The zero-order valence-electron chi connectivity index (χ0n) is 12.8. The van der Waals surface area contributed by atoms with Gasteiger partial charge in [-0.05, 0) is 37.5 Å². The van der Waals surface area contributed by atoms with Gasteiger partial charge in [0.25, 0.3) is 0 Å². The average Bonchev–Trinajstić information content (AvgIpc) is 2.73. The summed E-state index contributed by atoms with van der Waals surface area (Å²) in [5, 5.41) is 3.49. The summed E-state index contributed by atoms with van der Waals surface area (Å²) in [4.78, 5) is 14.5. The van der Waals surface area contributed by atoms with Crippen molar-refractivity contribution in [3.8, 4) is 5.75 Å². The molecule has 20 heavy (non-hydrogen) atoms. The van der Waals surface area contributed by atoms with Gasteiger partial charge in [-0.15, -0.1) is 0 Å². The van der Waals surface area contributed by atoms with Crippen molar-refractivity contribution in [3.63, 3.8) is 0 Å². The number of nitrogens with zero attached hydrogens (tertiary/aromatic N) is 1. The van der Waals surface area contributed by atoms with Gasteiger partial charge in [0.05, 0.1) is 12.6 Å². The molecule has 1 aliphatic rings. The largest absolute Gasteiger partial charge is 0.497 e. The van der Waals surface area contributed by atoms with Crippen molar-refractivity contribution >= 4 is 5.91 Å². The van der Waals surface area contributed by atoms with Crippen LogP contribution in [0.3, 0.4) is 0 Å². The van der Waals surface area contributed by atoms with E-state index < -0.39 is 5.54 Å². The molecule has 1 fully saturated rings. The van der Waals surface area contributed by atoms with Crippen molar-refractivity contribution in [1.82, 2.24) is 10.2 Å². The quantitative estimate of drug-likeness (QED) is 0.899. The average molecular weight is 276 g/mol. The maximum Gasteiger partial charge on any atom is 0.244 e. The fourth-order valence-electron chi connectivity index (χ4n) is 2.65. The number of amides is 1. The molecule has 2 unspecified atom stereocenters. The van der Waals surface area contributed by atoms with Gasteiger partial charge in [-0.1, -0.05) is 26.0 Å². The first-order valence-corrected chi connectivity index (χ1v) is 7.28. The Labute approximate surface area is 121 Å². The van der Waals surface area contributed by atoms with Crippen LogP contribution < -0.4 is 10.1 Å². The minimum atomic E-state index is -0.459. The smallest absolute Gasteiger partial charge is 0.244 e. The highest BCUT2D eigenvalue weighted by molar-refractivity contribution is 5.88. The Balaban J connectivity index is 2.30. The van der Waals surface area contributed by atoms with Crippen LogP contribution in [0.4, 0.5) is 0 Å². The van der Waals surface area contributed by atoms with E-state index >= 15 is 0 Å². The topological polar surface area (TPSA) is 41.6 Å². The molecule has 0 spiro atoms. The van der Waals surface area contributed by atoms with E-state index in [0.717, 1.165) is 30.7 Å². The van der Waals surface area contributed by atoms with Crippen LogP contribution in [-0.2, 0) is 4.79 Å². The lowest BCUT2D eigenvalue weighted by Crippen LogP contribution is -2.43. The van der Waals surface area contributed by atoms with E-state index in [1.54, 1.807) is 7.11 Å². The summed E-state index contributed by atoms with van der Waals surface area (Å²) < 4.78 is 5.19. The summed E-state index contributed by atoms with van der Waals surface area (Å²) in [5.74, 6) is 1.03. The summed E-state index contributed by atoms with van der Waals surface area (Å²) in [6.07, 6.45) is 1.71. The summed E-state index contributed by atoms with van der Waals surface area (Å²) in [6.45, 7) is 6.91. The van der Waals surface area contributed by atoms with Crippen LogP contribution in [0.25, 0.3) is 0 Å². The van der Waals surface area contributed by atoms with Gasteiger partial charge in [0.15, 0.2) is 0 Å². The van der Waals surface area contributed by atoms with Crippen LogP contribution in [0.15, 0.2) is 24.3 Å². The minimum absolute atomic E-state index is 0.0432. The fraction of sp³-hybridized carbons (Fsp3) is 0.562. The zero-order valence-corrected chi connectivity index (χ0v) is 12.8. The van der Waals surface area contributed by atoms with Gasteiger partial charge >= 0.3 is 0 Å². The third kappa shape index (κ3) is 2.52. The standard InChI is InChI=1S/C16H24N2O2/c1-5-11-18-14(17-16(3,6-2)15(18)19)12-7-9-13(20-4)10-8-12/h7-10,14,17H,5-6,11H2,1-4H3. The van der Waals surface area contributed by atoms with Crippen molar-refractivity contribution in [2.45, 2.75) is 45.3 Å². The molecule has 0 aliphatic carbocycles. The Morgan fingerprint density at radius 3 is 2.45 bits per heavy atom. The fourth-order valence-corrected chi connectivity index (χ4v) is 2.65. The van der Waals surface area contributed by atoms with Crippen molar-refractivity contribution in [2.24, 2.45) is 0 Å². The van der Waals surface area contributed by atoms with Gasteiger partial charge in [0.2, 0.25) is 5.91 Å². The number of nitrogens with one attached hydrogen (secondary N) is 1. The Morgan fingerprint density at radius 2 is 1.95 bits per heavy atom. The van der Waals surface area contributed by atoms with Crippen LogP contribution in [-0.4, -0.2) is 30.0 Å². The number of benzene rings is 1. The maximum atomic E-state index is 12.6. The molecule has 1 saturated heterocycles. The number of carbonyl (C=O) groups is 1. The highest BCUT2D eigenvalue weighted by Crippen LogP contribution is 2.33. The molecule has 110 valence electrons. The molecule has 1 aliphatic heterocycles. The van der Waals surface area contributed by atoms with Gasteiger partial charge < -0.3 is 9.64 Å². The summed E-state index contributed by atoms with van der Waals surface area (Å²) in [7, 11) is 1.66. The molecular weight excluding hydrogens is 252 g/mol. The Bertz CT molecular complexity index is 472. The van der Waals surface area contributed by atoms with Crippen LogP contribution in [0.5, 0.6) is 5.75 Å². The Morgan fingerprint density at radius 1 is 1.30 bits per heavy atom. The number of methoxy groups -OCH3 is 1. The van der Waals surface area contributed by atoms with Gasteiger partial charge in [-0.25, -0.2) is 0 Å². The molecular formula is C16H24N2O2. The highest BCUT2D eigenvalue weighted by atomic mass is 16.5. The first kappa shape index (κ1) is 14.9. The van der Waals surface area contributed by atoms with Crippen LogP contribution in [0, 0.1) is 0 Å². The van der Waals surface area contributed by atoms with Crippen molar-refractivity contribution in [3.05, 3.63) is 29.8 Å². The molecule has 0 saturated carbocycles. The lowest BCUT2D eigenvalue weighted by molar-refractivity contribution is -0.133. The van der Waals surface area contributed by atoms with Gasteiger partial charge in [-0.3, -0.25) is 10.1 Å². The normalized spacial score (nSPS) is 26.1. The van der Waals surface area contributed by atoms with Crippen molar-refractivity contribution in [1.29, 1.82) is 0 Å². The molecule has 0 bridgehead atoms. The monoisotopic (exact) mass is 276 g/mol. The molecule has 0 aromatic heterocycles. The van der Waals surface area contributed by atoms with E-state index in [9.17, 15) is 4.79 Å². The van der Waals surface area contributed by atoms with Crippen LogP contribution in [0.2, 0.25) is 0 Å². The molecule has 1 aromatic rings. The van der Waals surface area contributed by atoms with Gasteiger partial charge in [0.1, 0.15) is 11.9 Å². The minimum Gasteiger partial charge on any atom is -0.497 e. The predicted molar refractivity (Wildman–Crippen MR) is 79.6 cm³/mol. The molecule has 2 atom stereocenters. The van der Waals surface area contributed by atoms with E-state index in [-0.39, 0.29) is 12.1 Å². The second-order valence-electron chi connectivity index (χ2n) is 5.50. The summed E-state index contributed by atoms with van der Waals surface area (Å²) in [5.41, 5.74) is 0.643. The van der Waals surface area contributed by atoms with Gasteiger partial charge in [-0.2, -0.15) is 0 Å². The number of rotatable bonds is 5. The Hall–Kier alpha value is -1.55. The molecule has 1 aromatic carbocycles. The molecule has 1 heterocycles. The first-order chi connectivity index (χ1) is 9.55. The predicted octanol–water partition coefficient (Wildman–Crippen LogP) is 2.70. The summed E-state index contributed by atoms with van der Waals surface area (Å²) in [6, 6.07) is 7.92. The molecule has 4 heteroatoms. The number of carbonyl (C=O) groups excluding carboxylic acids is 1. The third-order valence-electron chi connectivity index (χ3n) is 4.10. The molecule has 1 N–H and O–H groups in total. The third-order valence-corrected chi connectivity index (χ3v) is 4.10. The van der Waals surface area contributed by atoms with E-state index in [0.29, 0.717) is 0 Å². The first-order valence-electron chi connectivity index (χ1n) is 7.28. The van der Waals surface area contributed by atoms with E-state index in [2.05, 4.69) is 12.2 Å². The van der Waals surface area contributed by atoms with Crippen LogP contribution >= 0.6 is 0 Å². The van der Waals surface area contributed by atoms with E-state index in [1.807, 2.05) is 43.0 Å². The maximum absolute atomic E-state index is 12.6. The highest BCUT2D eigenvalue weighted by Gasteiger charge is 2.46. The number of hydrogen-bond donors (Lipinski definition) is 1. The molecule has 4 nitrogen and oxygen atoms in total. The van der Waals surface area contributed by atoms with E-state index in [1.165, 1.54) is 0 Å². The second kappa shape index (κ2) is 5.83. The molecule has 0 radical (unpaired) electrons. The Kier molecular flexibility index (Phi) is 4.33. The van der Waals surface area contributed by atoms with Crippen LogP contribution in [0.1, 0.15) is 45.3 Å². The second-order valence-corrected chi connectivity index (χ2v) is 5.50. The number of hydrogen-bond acceptors (Lipinski definition) is 3. The van der Waals surface area contributed by atoms with Crippen molar-refractivity contribution in [2.75, 3.05) is 13.7 Å². The van der Waals surface area contributed by atoms with E-state index in [4.69, 9.17) is 4.74 Å². The SMILES string of the molecule is CCCN1C(=O)C(C)(CC)NC1c1ccc(OC)cc1. The lowest BCUT2D eigenvalue weighted by Gasteiger charge is -2.24. The lowest BCUT2D eigenvalue weighted by atomic mass is 9.99.